The van der Waals surface area contributed by atoms with Gasteiger partial charge in [-0.1, -0.05) is 0 Å². The van der Waals surface area contributed by atoms with Crippen LogP contribution in [0.3, 0.4) is 0 Å². The Morgan fingerprint density at radius 2 is 1.05 bits per heavy atom. The van der Waals surface area contributed by atoms with Crippen molar-refractivity contribution < 1.29 is 9.13 Å². The van der Waals surface area contributed by atoms with Crippen molar-refractivity contribution in [2.75, 3.05) is 0 Å². The highest BCUT2D eigenvalue weighted by molar-refractivity contribution is 8.21. The van der Waals surface area contributed by atoms with Crippen molar-refractivity contribution in [3.63, 3.8) is 0 Å². The van der Waals surface area contributed by atoms with Crippen LogP contribution in [-0.4, -0.2) is 0 Å². The molecule has 2 N–H and O–H groups in total. The first-order valence-corrected chi connectivity index (χ1v) is 19.5. The number of halogens is 8. The first kappa shape index (κ1) is 21.4. The summed E-state index contributed by atoms with van der Waals surface area (Å²) in [6.45, 7) is -7.12. The second-order valence-electron chi connectivity index (χ2n) is 2.90. The fourth-order valence-electron chi connectivity index (χ4n) is 0.872. The molecule has 0 aromatic rings. The third-order valence-electron chi connectivity index (χ3n) is 1.18. The summed E-state index contributed by atoms with van der Waals surface area (Å²) in [5, 5.41) is 0. The van der Waals surface area contributed by atoms with Crippen LogP contribution in [-0.2, 0) is 9.13 Å². The maximum Gasteiger partial charge on any atom is 0.326 e. The summed E-state index contributed by atoms with van der Waals surface area (Å²) in [6.07, 6.45) is 0. The molecule has 0 aromatic carbocycles. The van der Waals surface area contributed by atoms with Crippen LogP contribution in [0.15, 0.2) is 13.5 Å². The van der Waals surface area contributed by atoms with Gasteiger partial charge in [-0.05, 0) is 89.9 Å². The average Bonchev–Trinajstić information content (AvgIpc) is 1.83. The minimum atomic E-state index is -3.88. The van der Waals surface area contributed by atoms with E-state index < -0.39 is 31.3 Å². The Kier molecular flexibility index (Phi) is 7.45. The summed E-state index contributed by atoms with van der Waals surface area (Å²) in [6, 6.07) is 0. The maximum absolute atomic E-state index is 11.4. The monoisotopic (exact) mass is 539 g/mol. The van der Waals surface area contributed by atoms with E-state index in [0.717, 1.165) is 0 Å². The molecule has 0 fully saturated rings. The molecule has 120 valence electrons. The van der Waals surface area contributed by atoms with Crippen LogP contribution in [0.25, 0.3) is 0 Å². The van der Waals surface area contributed by atoms with E-state index in [0.29, 0.717) is 0 Å². The predicted molar refractivity (Wildman–Crippen MR) is 96.4 cm³/mol. The lowest BCUT2D eigenvalue weighted by atomic mass is 13.8. The molecule has 0 spiro atoms. The van der Waals surface area contributed by atoms with E-state index in [-0.39, 0.29) is 0 Å². The van der Waals surface area contributed by atoms with Gasteiger partial charge in [0.25, 0.3) is 5.91 Å². The molecule has 2 atom stereocenters. The highest BCUT2D eigenvalue weighted by atomic mass is 35.9. The van der Waals surface area contributed by atoms with E-state index in [1.54, 1.807) is 0 Å². The van der Waals surface area contributed by atoms with E-state index in [2.05, 4.69) is 23.3 Å². The van der Waals surface area contributed by atoms with Gasteiger partial charge in [0.1, 0.15) is 0 Å². The second-order valence-corrected chi connectivity index (χ2v) is 24.4. The summed E-state index contributed by atoms with van der Waals surface area (Å²) < 4.78 is 34.0. The fraction of sp³-hybridized carbons (Fsp3) is 0. The average molecular weight is 543 g/mol. The molecular weight excluding hydrogens is 541 g/mol. The smallest absolute Gasteiger partial charge is 0.271 e. The van der Waals surface area contributed by atoms with Gasteiger partial charge < -0.3 is 0 Å². The maximum atomic E-state index is 11.4. The zero-order valence-electron chi connectivity index (χ0n) is 8.42. The van der Waals surface area contributed by atoms with Crippen molar-refractivity contribution in [3.8, 4) is 0 Å². The van der Waals surface area contributed by atoms with Crippen molar-refractivity contribution in [3.05, 3.63) is 0 Å². The summed E-state index contributed by atoms with van der Waals surface area (Å²) >= 11 is 45.1. The summed E-state index contributed by atoms with van der Waals surface area (Å²) in [5.74, 6) is -11.2. The zero-order chi connectivity index (χ0) is 16.0. The number of rotatable bonds is 4. The van der Waals surface area contributed by atoms with Crippen LogP contribution in [0.4, 0.5) is 0 Å². The lowest BCUT2D eigenvalue weighted by Gasteiger charge is -2.25. The Bertz CT molecular complexity index is 633. The summed E-state index contributed by atoms with van der Waals surface area (Å²) in [7, 11) is 0. The van der Waals surface area contributed by atoms with Crippen LogP contribution in [0.5, 0.6) is 0 Å². The SMILES string of the molecule is O=P(Cl)(Cl)N[P@]1(Cl)=NP(Cl)(Cl)=N[P@@](Cl)(NP(=O)(Cl)Cl)=N1. The molecule has 1 aliphatic heterocycles. The third kappa shape index (κ3) is 7.98. The van der Waals surface area contributed by atoms with Crippen molar-refractivity contribution in [1.82, 2.24) is 9.72 Å². The van der Waals surface area contributed by atoms with E-state index in [4.69, 9.17) is 89.9 Å². The summed E-state index contributed by atoms with van der Waals surface area (Å²) in [5.41, 5.74) is 0. The lowest BCUT2D eigenvalue weighted by molar-refractivity contribution is 0.590. The van der Waals surface area contributed by atoms with Gasteiger partial charge in [0.05, 0.1) is 0 Å². The molecule has 0 amide bonds. The van der Waals surface area contributed by atoms with Crippen molar-refractivity contribution in [2.45, 2.75) is 0 Å². The standard InChI is InChI=1S/Cl8H2N5O2P5/c1-16(2)9-19(7,11-17(3,4)14)13-20(8,10-16)12-18(5,6)15/h(H,11,14)(H,12,15)/t19-,20-/m0/s1. The Morgan fingerprint density at radius 3 is 1.40 bits per heavy atom. The number of nitrogens with zero attached hydrogens (tertiary/aromatic N) is 3. The van der Waals surface area contributed by atoms with Gasteiger partial charge in [0.2, 0.25) is 13.4 Å². The number of hydrogen-bond acceptors (Lipinski definition) is 5. The van der Waals surface area contributed by atoms with Crippen LogP contribution in [0, 0.1) is 0 Å². The van der Waals surface area contributed by atoms with E-state index in [1.807, 2.05) is 0 Å². The van der Waals surface area contributed by atoms with Crippen molar-refractivity contribution >= 4 is 121 Å². The van der Waals surface area contributed by atoms with Gasteiger partial charge in [0, 0.05) is 0 Å². The Balaban J connectivity index is 3.47. The molecule has 7 nitrogen and oxygen atoms in total. The van der Waals surface area contributed by atoms with E-state index in [9.17, 15) is 9.13 Å². The van der Waals surface area contributed by atoms with Gasteiger partial charge in [-0.25, -0.2) is 0 Å². The van der Waals surface area contributed by atoms with E-state index >= 15 is 0 Å². The quantitative estimate of drug-likeness (QED) is 0.346. The van der Waals surface area contributed by atoms with Gasteiger partial charge in [-0.3, -0.25) is 9.13 Å². The van der Waals surface area contributed by atoms with Gasteiger partial charge in [0.15, 0.2) is 0 Å². The highest BCUT2D eigenvalue weighted by Crippen LogP contribution is 2.86. The largest absolute Gasteiger partial charge is 0.326 e. The topological polar surface area (TPSA) is 95.3 Å². The molecule has 0 aromatic heterocycles. The lowest BCUT2D eigenvalue weighted by Crippen LogP contribution is -2.00. The fourth-order valence-corrected chi connectivity index (χ4v) is 26.0. The minimum absolute atomic E-state index is 2.09. The molecule has 0 bridgehead atoms. The minimum Gasteiger partial charge on any atom is -0.271 e. The van der Waals surface area contributed by atoms with Gasteiger partial charge >= 0.3 is 12.0 Å². The van der Waals surface area contributed by atoms with E-state index in [1.165, 1.54) is 0 Å². The van der Waals surface area contributed by atoms with Crippen molar-refractivity contribution in [1.29, 1.82) is 0 Å². The molecule has 0 aliphatic carbocycles. The second kappa shape index (κ2) is 6.95. The number of hydrogen-bond donors (Lipinski definition) is 2. The molecule has 1 heterocycles. The molecule has 0 unspecified atom stereocenters. The van der Waals surface area contributed by atoms with Gasteiger partial charge in [-0.2, -0.15) is 23.3 Å². The molecule has 0 saturated carbocycles. The molecule has 1 aliphatic rings. The van der Waals surface area contributed by atoms with Crippen LogP contribution < -0.4 is 9.72 Å². The Labute approximate surface area is 152 Å². The first-order chi connectivity index (χ1) is 8.54. The van der Waals surface area contributed by atoms with Gasteiger partial charge in [-0.15, -0.1) is 0 Å². The molecule has 20 heteroatoms. The Hall–Kier alpha value is 3.39. The number of nitrogens with one attached hydrogen (secondary N) is 2. The highest BCUT2D eigenvalue weighted by Gasteiger charge is 2.39. The van der Waals surface area contributed by atoms with Crippen LogP contribution in [0.2, 0.25) is 0 Å². The summed E-state index contributed by atoms with van der Waals surface area (Å²) in [4.78, 5) is 4.17. The molecule has 1 rings (SSSR count). The van der Waals surface area contributed by atoms with Crippen molar-refractivity contribution in [2.24, 2.45) is 13.5 Å². The molecule has 0 radical (unpaired) electrons. The third-order valence-corrected chi connectivity index (χ3v) is 19.5. The predicted octanol–water partition coefficient (Wildman–Crippen LogP) is 9.14. The molecular formula is H2Cl8N5O2P5. The zero-order valence-corrected chi connectivity index (χ0v) is 18.9. The normalized spacial score (nSPS) is 33.8. The first-order valence-electron chi connectivity index (χ1n) is 3.81. The Morgan fingerprint density at radius 1 is 0.700 bits per heavy atom. The van der Waals surface area contributed by atoms with Crippen LogP contribution in [0.1, 0.15) is 0 Å². The molecule has 0 saturated heterocycles. The molecule has 20 heavy (non-hydrogen) atoms. The van der Waals surface area contributed by atoms with Crippen LogP contribution >= 0.6 is 121 Å².